The summed E-state index contributed by atoms with van der Waals surface area (Å²) in [5.74, 6) is 0.169. The van der Waals surface area contributed by atoms with Crippen LogP contribution in [0, 0.1) is 0 Å². The van der Waals surface area contributed by atoms with Crippen LogP contribution in [-0.2, 0) is 6.42 Å². The summed E-state index contributed by atoms with van der Waals surface area (Å²) < 4.78 is 4.89. The first-order valence-electron chi connectivity index (χ1n) is 4.05. The molecule has 0 atom stereocenters. The van der Waals surface area contributed by atoms with Crippen molar-refractivity contribution in [3.05, 3.63) is 21.7 Å². The lowest BCUT2D eigenvalue weighted by atomic mass is 10.1. The fraction of sp³-hybridized carbons (Fsp3) is 0.333. The Labute approximate surface area is 92.4 Å². The smallest absolute Gasteiger partial charge is 0.177 e. The number of phenols is 1. The van der Waals surface area contributed by atoms with E-state index in [1.165, 1.54) is 13.2 Å². The van der Waals surface area contributed by atoms with Crippen molar-refractivity contribution >= 4 is 23.2 Å². The highest BCUT2D eigenvalue weighted by Gasteiger charge is 2.14. The molecule has 0 unspecified atom stereocenters. The largest absolute Gasteiger partial charge is 0.503 e. The van der Waals surface area contributed by atoms with Crippen molar-refractivity contribution < 1.29 is 9.84 Å². The maximum absolute atomic E-state index is 9.57. The molecule has 78 valence electrons. The Kier molecular flexibility index (Phi) is 3.86. The highest BCUT2D eigenvalue weighted by molar-refractivity contribution is 6.37. The van der Waals surface area contributed by atoms with Crippen LogP contribution in [0.1, 0.15) is 5.56 Å². The first-order chi connectivity index (χ1) is 6.61. The molecule has 3 nitrogen and oxygen atoms in total. The molecule has 1 rings (SSSR count). The van der Waals surface area contributed by atoms with Gasteiger partial charge in [0.05, 0.1) is 12.1 Å². The Hall–Kier alpha value is -0.640. The highest BCUT2D eigenvalue weighted by atomic mass is 35.5. The van der Waals surface area contributed by atoms with E-state index in [2.05, 4.69) is 0 Å². The fourth-order valence-corrected chi connectivity index (χ4v) is 1.78. The Morgan fingerprint density at radius 1 is 1.50 bits per heavy atom. The van der Waals surface area contributed by atoms with Crippen molar-refractivity contribution in [3.63, 3.8) is 0 Å². The van der Waals surface area contributed by atoms with Crippen LogP contribution in [0.2, 0.25) is 10.0 Å². The third kappa shape index (κ3) is 2.05. The number of phenolic OH excluding ortho intramolecular Hbond substituents is 1. The number of benzene rings is 1. The van der Waals surface area contributed by atoms with Crippen molar-refractivity contribution in [2.75, 3.05) is 13.7 Å². The Bertz CT molecular complexity index is 342. The minimum atomic E-state index is -0.0954. The molecule has 14 heavy (non-hydrogen) atoms. The van der Waals surface area contributed by atoms with Crippen molar-refractivity contribution in [1.82, 2.24) is 0 Å². The highest BCUT2D eigenvalue weighted by Crippen LogP contribution is 2.40. The van der Waals surface area contributed by atoms with Crippen LogP contribution in [0.5, 0.6) is 11.5 Å². The number of nitrogens with two attached hydrogens (primary N) is 1. The van der Waals surface area contributed by atoms with Gasteiger partial charge in [-0.3, -0.25) is 0 Å². The van der Waals surface area contributed by atoms with E-state index in [9.17, 15) is 5.11 Å². The first-order valence-corrected chi connectivity index (χ1v) is 4.81. The van der Waals surface area contributed by atoms with Crippen LogP contribution in [0.4, 0.5) is 0 Å². The first kappa shape index (κ1) is 11.4. The summed E-state index contributed by atoms with van der Waals surface area (Å²) in [6.07, 6.45) is 0.523. The van der Waals surface area contributed by atoms with Gasteiger partial charge < -0.3 is 15.6 Å². The van der Waals surface area contributed by atoms with E-state index in [-0.39, 0.29) is 16.5 Å². The number of methoxy groups -OCH3 is 1. The summed E-state index contributed by atoms with van der Waals surface area (Å²) >= 11 is 11.8. The summed E-state index contributed by atoms with van der Waals surface area (Å²) in [6, 6.07) is 1.52. The molecule has 1 aromatic rings. The molecule has 0 aliphatic rings. The number of aromatic hydroxyl groups is 1. The van der Waals surface area contributed by atoms with Crippen LogP contribution >= 0.6 is 23.2 Å². The van der Waals surface area contributed by atoms with Gasteiger partial charge in [0.25, 0.3) is 0 Å². The summed E-state index contributed by atoms with van der Waals surface area (Å²) in [5, 5.41) is 10.2. The Morgan fingerprint density at radius 2 is 2.14 bits per heavy atom. The van der Waals surface area contributed by atoms with Crippen LogP contribution in [0.25, 0.3) is 0 Å². The van der Waals surface area contributed by atoms with E-state index in [1.54, 1.807) is 0 Å². The summed E-state index contributed by atoms with van der Waals surface area (Å²) in [6.45, 7) is 0.422. The molecular formula is C9H11Cl2NO2. The molecule has 3 N–H and O–H groups in total. The van der Waals surface area contributed by atoms with E-state index < -0.39 is 0 Å². The molecule has 0 aliphatic carbocycles. The number of hydrogen-bond donors (Lipinski definition) is 2. The van der Waals surface area contributed by atoms with Gasteiger partial charge in [0, 0.05) is 11.1 Å². The number of rotatable bonds is 3. The van der Waals surface area contributed by atoms with Crippen molar-refractivity contribution in [3.8, 4) is 11.5 Å². The van der Waals surface area contributed by atoms with E-state index in [0.29, 0.717) is 23.6 Å². The molecule has 0 amide bonds. The molecular weight excluding hydrogens is 225 g/mol. The molecule has 0 fully saturated rings. The zero-order chi connectivity index (χ0) is 10.7. The topological polar surface area (TPSA) is 55.5 Å². The van der Waals surface area contributed by atoms with Crippen LogP contribution in [0.15, 0.2) is 6.07 Å². The molecule has 0 saturated heterocycles. The monoisotopic (exact) mass is 235 g/mol. The van der Waals surface area contributed by atoms with Crippen LogP contribution in [0.3, 0.4) is 0 Å². The van der Waals surface area contributed by atoms with Gasteiger partial charge in [0.15, 0.2) is 11.5 Å². The van der Waals surface area contributed by atoms with Crippen molar-refractivity contribution in [2.45, 2.75) is 6.42 Å². The summed E-state index contributed by atoms with van der Waals surface area (Å²) in [7, 11) is 1.43. The second-order valence-corrected chi connectivity index (χ2v) is 3.53. The van der Waals surface area contributed by atoms with E-state index in [0.717, 1.165) is 0 Å². The standard InChI is InChI=1S/C9H11Cl2NO2/c1-14-7-4-6(10)5(2-3-12)8(11)9(7)13/h4,13H,2-3,12H2,1H3. The fourth-order valence-electron chi connectivity index (χ4n) is 1.16. The molecule has 1 aromatic carbocycles. The quantitative estimate of drug-likeness (QED) is 0.845. The van der Waals surface area contributed by atoms with E-state index in [4.69, 9.17) is 33.7 Å². The van der Waals surface area contributed by atoms with Crippen LogP contribution < -0.4 is 10.5 Å². The van der Waals surface area contributed by atoms with Gasteiger partial charge in [-0.25, -0.2) is 0 Å². The van der Waals surface area contributed by atoms with Crippen molar-refractivity contribution in [1.29, 1.82) is 0 Å². The SMILES string of the molecule is COc1cc(Cl)c(CCN)c(Cl)c1O. The van der Waals surface area contributed by atoms with Gasteiger partial charge in [0.2, 0.25) is 0 Å². The predicted octanol–water partition coefficient (Wildman–Crippen LogP) is 2.21. The predicted molar refractivity (Wildman–Crippen MR) is 57.4 cm³/mol. The lowest BCUT2D eigenvalue weighted by Crippen LogP contribution is -2.04. The van der Waals surface area contributed by atoms with Gasteiger partial charge in [0.1, 0.15) is 0 Å². The van der Waals surface area contributed by atoms with Crippen molar-refractivity contribution in [2.24, 2.45) is 5.73 Å². The summed E-state index contributed by atoms with van der Waals surface area (Å²) in [5.41, 5.74) is 6.04. The van der Waals surface area contributed by atoms with Gasteiger partial charge in [-0.2, -0.15) is 0 Å². The zero-order valence-corrected chi connectivity index (χ0v) is 9.19. The molecule has 0 aromatic heterocycles. The minimum Gasteiger partial charge on any atom is -0.503 e. The second-order valence-electron chi connectivity index (χ2n) is 2.74. The molecule has 0 spiro atoms. The van der Waals surface area contributed by atoms with E-state index >= 15 is 0 Å². The zero-order valence-electron chi connectivity index (χ0n) is 7.68. The average molecular weight is 236 g/mol. The molecule has 0 aliphatic heterocycles. The number of ether oxygens (including phenoxy) is 1. The third-order valence-corrected chi connectivity index (χ3v) is 2.61. The summed E-state index contributed by atoms with van der Waals surface area (Å²) in [4.78, 5) is 0. The van der Waals surface area contributed by atoms with Gasteiger partial charge in [-0.05, 0) is 18.5 Å². The van der Waals surface area contributed by atoms with Gasteiger partial charge in [-0.1, -0.05) is 23.2 Å². The maximum Gasteiger partial charge on any atom is 0.177 e. The lowest BCUT2D eigenvalue weighted by Gasteiger charge is -2.11. The second kappa shape index (κ2) is 4.73. The molecule has 0 radical (unpaired) electrons. The Balaban J connectivity index is 3.26. The Morgan fingerprint density at radius 3 is 2.64 bits per heavy atom. The average Bonchev–Trinajstić information content (AvgIpc) is 2.18. The maximum atomic E-state index is 9.57. The minimum absolute atomic E-state index is 0.0954. The molecule has 0 saturated carbocycles. The van der Waals surface area contributed by atoms with Gasteiger partial charge in [-0.15, -0.1) is 0 Å². The molecule has 0 heterocycles. The number of halogens is 2. The van der Waals surface area contributed by atoms with Crippen LogP contribution in [-0.4, -0.2) is 18.8 Å². The normalized spacial score (nSPS) is 10.3. The molecule has 5 heteroatoms. The molecule has 0 bridgehead atoms. The number of hydrogen-bond acceptors (Lipinski definition) is 3. The lowest BCUT2D eigenvalue weighted by molar-refractivity contribution is 0.373. The third-order valence-electron chi connectivity index (χ3n) is 1.87. The van der Waals surface area contributed by atoms with Gasteiger partial charge >= 0.3 is 0 Å². The van der Waals surface area contributed by atoms with E-state index in [1.807, 2.05) is 0 Å².